The van der Waals surface area contributed by atoms with Crippen molar-refractivity contribution in [2.45, 2.75) is 32.4 Å². The van der Waals surface area contributed by atoms with E-state index in [-0.39, 0.29) is 0 Å². The van der Waals surface area contributed by atoms with E-state index < -0.39 is 0 Å². The molecule has 2 aromatic rings. The summed E-state index contributed by atoms with van der Waals surface area (Å²) in [5.41, 5.74) is 3.75. The molecule has 1 fully saturated rings. The van der Waals surface area contributed by atoms with Crippen molar-refractivity contribution < 1.29 is 0 Å². The maximum absolute atomic E-state index is 4.46. The van der Waals surface area contributed by atoms with Gasteiger partial charge >= 0.3 is 0 Å². The lowest BCUT2D eigenvalue weighted by Gasteiger charge is -2.42. The first-order valence-electron chi connectivity index (χ1n) is 7.76. The Hall–Kier alpha value is -1.87. The number of rotatable bonds is 3. The van der Waals surface area contributed by atoms with Crippen molar-refractivity contribution in [1.29, 1.82) is 0 Å². The Morgan fingerprint density at radius 2 is 2.00 bits per heavy atom. The molecule has 3 nitrogen and oxygen atoms in total. The predicted octanol–water partition coefficient (Wildman–Crippen LogP) is 3.32. The zero-order chi connectivity index (χ0) is 14.7. The van der Waals surface area contributed by atoms with Crippen LogP contribution in [-0.2, 0) is 0 Å². The normalized spacial score (nSPS) is 22.3. The summed E-state index contributed by atoms with van der Waals surface area (Å²) in [5.74, 6) is 0. The van der Waals surface area contributed by atoms with E-state index in [2.05, 4.69) is 65.4 Å². The van der Waals surface area contributed by atoms with Crippen LogP contribution in [0.3, 0.4) is 0 Å². The molecule has 0 radical (unpaired) electrons. The van der Waals surface area contributed by atoms with Crippen molar-refractivity contribution in [3.8, 4) is 0 Å². The summed E-state index contributed by atoms with van der Waals surface area (Å²) in [4.78, 5) is 6.98. The third kappa shape index (κ3) is 2.93. The Balaban J connectivity index is 1.88. The van der Waals surface area contributed by atoms with E-state index in [1.165, 1.54) is 11.3 Å². The summed E-state index contributed by atoms with van der Waals surface area (Å²) in [6.45, 7) is 6.37. The Labute approximate surface area is 127 Å². The zero-order valence-corrected chi connectivity index (χ0v) is 12.8. The number of hydrogen-bond donors (Lipinski definition) is 1. The molecule has 1 aliphatic heterocycles. The average molecular weight is 281 g/mol. The molecule has 1 N–H and O–H groups in total. The number of hydrogen-bond acceptors (Lipinski definition) is 3. The van der Waals surface area contributed by atoms with Gasteiger partial charge in [0.15, 0.2) is 0 Å². The second-order valence-corrected chi connectivity index (χ2v) is 5.69. The molecule has 0 saturated carbocycles. The van der Waals surface area contributed by atoms with E-state index in [0.29, 0.717) is 12.1 Å². The van der Waals surface area contributed by atoms with Crippen molar-refractivity contribution in [1.82, 2.24) is 10.3 Å². The number of piperazine rings is 1. The molecular formula is C18H23N3. The molecule has 1 aromatic carbocycles. The highest BCUT2D eigenvalue weighted by molar-refractivity contribution is 5.52. The number of pyridine rings is 1. The third-order valence-corrected chi connectivity index (χ3v) is 4.38. The number of anilines is 1. The lowest BCUT2D eigenvalue weighted by atomic mass is 9.99. The van der Waals surface area contributed by atoms with Crippen LogP contribution in [0.4, 0.5) is 5.69 Å². The number of benzene rings is 1. The fraction of sp³-hybridized carbons (Fsp3) is 0.389. The quantitative estimate of drug-likeness (QED) is 0.935. The van der Waals surface area contributed by atoms with Crippen molar-refractivity contribution in [2.75, 3.05) is 18.0 Å². The van der Waals surface area contributed by atoms with Gasteiger partial charge in [0.25, 0.3) is 0 Å². The van der Waals surface area contributed by atoms with Gasteiger partial charge in [-0.2, -0.15) is 0 Å². The van der Waals surface area contributed by atoms with E-state index in [4.69, 9.17) is 0 Å². The zero-order valence-electron chi connectivity index (χ0n) is 12.8. The van der Waals surface area contributed by atoms with Gasteiger partial charge in [-0.15, -0.1) is 0 Å². The molecule has 0 aliphatic carbocycles. The lowest BCUT2D eigenvalue weighted by molar-refractivity contribution is 0.392. The Bertz CT molecular complexity index is 582. The van der Waals surface area contributed by atoms with Gasteiger partial charge in [0, 0.05) is 31.4 Å². The second kappa shape index (κ2) is 6.27. The van der Waals surface area contributed by atoms with Gasteiger partial charge in [0.1, 0.15) is 0 Å². The predicted molar refractivity (Wildman–Crippen MR) is 87.6 cm³/mol. The maximum atomic E-state index is 4.46. The van der Waals surface area contributed by atoms with Gasteiger partial charge in [-0.1, -0.05) is 37.3 Å². The Morgan fingerprint density at radius 1 is 1.19 bits per heavy atom. The van der Waals surface area contributed by atoms with Crippen molar-refractivity contribution in [2.24, 2.45) is 0 Å². The monoisotopic (exact) mass is 281 g/mol. The number of nitrogens with zero attached hydrogens (tertiary/aromatic N) is 2. The summed E-state index contributed by atoms with van der Waals surface area (Å²) in [6.07, 6.45) is 3.01. The molecule has 2 unspecified atom stereocenters. The first-order chi connectivity index (χ1) is 10.3. The van der Waals surface area contributed by atoms with E-state index in [1.54, 1.807) is 0 Å². The largest absolute Gasteiger partial charge is 0.364 e. The first kappa shape index (κ1) is 14.1. The molecule has 1 aromatic heterocycles. The van der Waals surface area contributed by atoms with Crippen molar-refractivity contribution >= 4 is 5.69 Å². The van der Waals surface area contributed by atoms with Crippen molar-refractivity contribution in [3.05, 3.63) is 59.9 Å². The molecule has 0 bridgehead atoms. The minimum atomic E-state index is 0.383. The van der Waals surface area contributed by atoms with Crippen molar-refractivity contribution in [3.63, 3.8) is 0 Å². The Kier molecular flexibility index (Phi) is 4.20. The molecule has 3 rings (SSSR count). The highest BCUT2D eigenvalue weighted by atomic mass is 15.2. The molecular weight excluding hydrogens is 258 g/mol. The maximum Gasteiger partial charge on any atom is 0.0605 e. The number of aryl methyl sites for hydroxylation is 1. The van der Waals surface area contributed by atoms with Gasteiger partial charge in [0.2, 0.25) is 0 Å². The van der Waals surface area contributed by atoms with Crippen LogP contribution >= 0.6 is 0 Å². The number of nitrogens with one attached hydrogen (secondary N) is 1. The van der Waals surface area contributed by atoms with Gasteiger partial charge in [-0.05, 0) is 31.0 Å². The summed E-state index contributed by atoms with van der Waals surface area (Å²) < 4.78 is 0. The van der Waals surface area contributed by atoms with E-state index in [1.807, 2.05) is 12.3 Å². The van der Waals surface area contributed by atoms with Gasteiger partial charge in [-0.25, -0.2) is 0 Å². The van der Waals surface area contributed by atoms with Gasteiger partial charge in [-0.3, -0.25) is 4.98 Å². The topological polar surface area (TPSA) is 28.2 Å². The summed E-state index contributed by atoms with van der Waals surface area (Å²) in [7, 11) is 0. The van der Waals surface area contributed by atoms with E-state index >= 15 is 0 Å². The fourth-order valence-electron chi connectivity index (χ4n) is 3.15. The van der Waals surface area contributed by atoms with Crippen LogP contribution < -0.4 is 10.2 Å². The number of aromatic nitrogens is 1. The molecule has 21 heavy (non-hydrogen) atoms. The molecule has 3 heteroatoms. The Morgan fingerprint density at radius 3 is 2.71 bits per heavy atom. The van der Waals surface area contributed by atoms with Crippen LogP contribution in [0.25, 0.3) is 0 Å². The fourth-order valence-corrected chi connectivity index (χ4v) is 3.15. The minimum absolute atomic E-state index is 0.383. The van der Waals surface area contributed by atoms with Crippen LogP contribution in [0, 0.1) is 6.92 Å². The van der Waals surface area contributed by atoms with Crippen LogP contribution in [0.1, 0.15) is 30.6 Å². The smallest absolute Gasteiger partial charge is 0.0605 e. The van der Waals surface area contributed by atoms with Gasteiger partial charge < -0.3 is 10.2 Å². The highest BCUT2D eigenvalue weighted by Crippen LogP contribution is 2.28. The molecule has 1 aliphatic rings. The molecule has 2 heterocycles. The van der Waals surface area contributed by atoms with E-state index in [0.717, 1.165) is 25.2 Å². The molecule has 2 atom stereocenters. The molecule has 0 amide bonds. The second-order valence-electron chi connectivity index (χ2n) is 5.69. The van der Waals surface area contributed by atoms with Crippen LogP contribution in [0.2, 0.25) is 0 Å². The molecule has 110 valence electrons. The van der Waals surface area contributed by atoms with Crippen LogP contribution in [0.5, 0.6) is 0 Å². The SMILES string of the molecule is CCC1CNC(c2ccccc2)CN1c1cccnc1C. The first-order valence-corrected chi connectivity index (χ1v) is 7.76. The minimum Gasteiger partial charge on any atom is -0.364 e. The summed E-state index contributed by atoms with van der Waals surface area (Å²) in [5, 5.41) is 3.69. The summed E-state index contributed by atoms with van der Waals surface area (Å²) >= 11 is 0. The van der Waals surface area contributed by atoms with Crippen LogP contribution in [0.15, 0.2) is 48.7 Å². The third-order valence-electron chi connectivity index (χ3n) is 4.38. The lowest BCUT2D eigenvalue weighted by Crippen LogP contribution is -2.52. The molecule has 0 spiro atoms. The highest BCUT2D eigenvalue weighted by Gasteiger charge is 2.28. The van der Waals surface area contributed by atoms with Gasteiger partial charge in [0.05, 0.1) is 11.4 Å². The van der Waals surface area contributed by atoms with E-state index in [9.17, 15) is 0 Å². The standard InChI is InChI=1S/C18H23N3/c1-3-16-12-20-17(15-8-5-4-6-9-15)13-21(16)18-10-7-11-19-14(18)2/h4-11,16-17,20H,3,12-13H2,1-2H3. The van der Waals surface area contributed by atoms with Crippen LogP contribution in [-0.4, -0.2) is 24.1 Å². The average Bonchev–Trinajstić information content (AvgIpc) is 2.55. The summed E-state index contributed by atoms with van der Waals surface area (Å²) in [6, 6.07) is 15.9. The molecule has 1 saturated heterocycles.